The Hall–Kier alpha value is -4.54. The average Bonchev–Trinajstić information content (AvgIpc) is 3.56. The zero-order valence-corrected chi connectivity index (χ0v) is 18.4. The third-order valence-corrected chi connectivity index (χ3v) is 5.86. The third kappa shape index (κ3) is 3.66. The number of urea groups is 1. The van der Waals surface area contributed by atoms with Gasteiger partial charge in [-0.15, -0.1) is 5.10 Å². The fourth-order valence-electron chi connectivity index (χ4n) is 3.99. The molecule has 3 heterocycles. The van der Waals surface area contributed by atoms with Crippen LogP contribution in [0, 0.1) is 0 Å². The Balaban J connectivity index is 1.30. The first-order chi connectivity index (χ1) is 16.3. The fraction of sp³-hybridized carbons (Fsp3) is 0.217. The van der Waals surface area contributed by atoms with Gasteiger partial charge in [0.15, 0.2) is 0 Å². The van der Waals surface area contributed by atoms with Gasteiger partial charge in [-0.1, -0.05) is 30.3 Å². The Morgan fingerprint density at radius 3 is 2.76 bits per heavy atom. The van der Waals surface area contributed by atoms with Crippen molar-refractivity contribution in [2.24, 2.45) is 0 Å². The van der Waals surface area contributed by atoms with Crippen molar-refractivity contribution >= 4 is 28.8 Å². The van der Waals surface area contributed by atoms with Gasteiger partial charge in [-0.25, -0.2) is 9.48 Å². The molecule has 5 rings (SSSR count). The Morgan fingerprint density at radius 1 is 1.18 bits per heavy atom. The molecule has 0 spiro atoms. The second kappa shape index (κ2) is 8.10. The van der Waals surface area contributed by atoms with Crippen LogP contribution >= 0.6 is 0 Å². The zero-order valence-electron chi connectivity index (χ0n) is 18.4. The summed E-state index contributed by atoms with van der Waals surface area (Å²) in [6.07, 6.45) is 1.43. The number of rotatable bonds is 6. The van der Waals surface area contributed by atoms with Crippen molar-refractivity contribution in [3.8, 4) is 5.69 Å². The van der Waals surface area contributed by atoms with Crippen molar-refractivity contribution in [3.63, 3.8) is 0 Å². The molecule has 0 aliphatic carbocycles. The van der Waals surface area contributed by atoms with E-state index < -0.39 is 36.0 Å². The zero-order chi connectivity index (χ0) is 23.9. The lowest BCUT2D eigenvalue weighted by atomic mass is 9.91. The maximum absolute atomic E-state index is 13.2. The van der Waals surface area contributed by atoms with Gasteiger partial charge >= 0.3 is 6.03 Å². The molecule has 1 saturated heterocycles. The summed E-state index contributed by atoms with van der Waals surface area (Å²) in [5.74, 6) is -0.433. The molecule has 11 heteroatoms. The smallest absolute Gasteiger partial charge is 0.325 e. The van der Waals surface area contributed by atoms with Gasteiger partial charge in [-0.3, -0.25) is 14.5 Å². The molecule has 11 nitrogen and oxygen atoms in total. The van der Waals surface area contributed by atoms with Gasteiger partial charge in [0.1, 0.15) is 29.8 Å². The minimum absolute atomic E-state index is 0.419. The van der Waals surface area contributed by atoms with Gasteiger partial charge in [-0.2, -0.15) is 0 Å². The second-order valence-corrected chi connectivity index (χ2v) is 8.23. The highest BCUT2D eigenvalue weighted by Gasteiger charge is 2.49. The summed E-state index contributed by atoms with van der Waals surface area (Å²) in [6, 6.07) is 15.2. The van der Waals surface area contributed by atoms with Gasteiger partial charge in [-0.05, 0) is 54.1 Å². The van der Waals surface area contributed by atoms with Gasteiger partial charge in [0, 0.05) is 5.39 Å². The summed E-state index contributed by atoms with van der Waals surface area (Å²) in [4.78, 5) is 39.5. The number of carbonyl (C=O) groups excluding carboxylic acids is 3. The summed E-state index contributed by atoms with van der Waals surface area (Å²) in [5.41, 5.74) is 0.539. The first-order valence-corrected chi connectivity index (χ1v) is 10.6. The number of benzene rings is 2. The highest BCUT2D eigenvalue weighted by atomic mass is 16.3. The SMILES string of the molecule is C[C@@H](NC(=O)CN1C(=O)N[C@](C)(c2cccc(-n3cnnn3)c2)C1=O)c1cc2ccccc2o1. The number of amides is 4. The van der Waals surface area contributed by atoms with E-state index in [2.05, 4.69) is 26.2 Å². The van der Waals surface area contributed by atoms with Crippen molar-refractivity contribution < 1.29 is 18.8 Å². The minimum atomic E-state index is -1.34. The van der Waals surface area contributed by atoms with Gasteiger partial charge in [0.2, 0.25) is 5.91 Å². The number of aromatic nitrogens is 4. The van der Waals surface area contributed by atoms with E-state index in [0.29, 0.717) is 22.6 Å². The molecule has 2 aromatic heterocycles. The largest absolute Gasteiger partial charge is 0.459 e. The quantitative estimate of drug-likeness (QED) is 0.421. The molecule has 0 bridgehead atoms. The summed E-state index contributed by atoms with van der Waals surface area (Å²) >= 11 is 0. The summed E-state index contributed by atoms with van der Waals surface area (Å²) < 4.78 is 7.23. The molecular weight excluding hydrogens is 438 g/mol. The fourth-order valence-corrected chi connectivity index (χ4v) is 3.99. The molecule has 172 valence electrons. The molecule has 34 heavy (non-hydrogen) atoms. The van der Waals surface area contributed by atoms with Crippen molar-refractivity contribution in [1.29, 1.82) is 0 Å². The van der Waals surface area contributed by atoms with Crippen LogP contribution in [0.25, 0.3) is 16.7 Å². The lowest BCUT2D eigenvalue weighted by Gasteiger charge is -2.23. The van der Waals surface area contributed by atoms with Crippen LogP contribution in [0.3, 0.4) is 0 Å². The van der Waals surface area contributed by atoms with E-state index >= 15 is 0 Å². The normalized spacial score (nSPS) is 18.8. The number of nitrogens with zero attached hydrogens (tertiary/aromatic N) is 5. The van der Waals surface area contributed by atoms with Crippen LogP contribution in [0.2, 0.25) is 0 Å². The third-order valence-electron chi connectivity index (χ3n) is 5.86. The van der Waals surface area contributed by atoms with Gasteiger partial charge < -0.3 is 15.1 Å². The molecule has 0 unspecified atom stereocenters. The number of para-hydroxylation sites is 1. The van der Waals surface area contributed by atoms with E-state index in [0.717, 1.165) is 10.3 Å². The number of hydrogen-bond donors (Lipinski definition) is 2. The van der Waals surface area contributed by atoms with Gasteiger partial charge in [0.25, 0.3) is 5.91 Å². The van der Waals surface area contributed by atoms with Crippen LogP contribution in [0.5, 0.6) is 0 Å². The Bertz CT molecular complexity index is 1360. The molecule has 2 aromatic carbocycles. The predicted molar refractivity (Wildman–Crippen MR) is 120 cm³/mol. The molecule has 1 fully saturated rings. The van der Waals surface area contributed by atoms with Crippen molar-refractivity contribution in [2.45, 2.75) is 25.4 Å². The molecule has 1 aliphatic heterocycles. The monoisotopic (exact) mass is 459 g/mol. The average molecular weight is 459 g/mol. The van der Waals surface area contributed by atoms with E-state index in [4.69, 9.17) is 4.42 Å². The van der Waals surface area contributed by atoms with Crippen LogP contribution in [0.1, 0.15) is 31.2 Å². The number of nitrogens with one attached hydrogen (secondary N) is 2. The van der Waals surface area contributed by atoms with E-state index in [9.17, 15) is 14.4 Å². The molecule has 4 aromatic rings. The standard InChI is InChI=1S/C23H21N7O4/c1-14(19-10-15-6-3-4-9-18(15)34-19)25-20(31)12-29-21(32)23(2,26-22(29)33)16-7-5-8-17(11-16)30-13-24-27-28-30/h3-11,13-14H,12H2,1-2H3,(H,25,31)(H,26,33)/t14-,23-/m1/s1. The van der Waals surface area contributed by atoms with Crippen LogP contribution in [-0.4, -0.2) is 49.5 Å². The number of tetrazole rings is 1. The van der Waals surface area contributed by atoms with Crippen molar-refractivity contribution in [3.05, 3.63) is 72.2 Å². The summed E-state index contributed by atoms with van der Waals surface area (Å²) in [6.45, 7) is 2.95. The highest BCUT2D eigenvalue weighted by Crippen LogP contribution is 2.30. The van der Waals surface area contributed by atoms with Crippen LogP contribution in [0.15, 0.2) is 65.3 Å². The Morgan fingerprint density at radius 2 is 2.00 bits per heavy atom. The van der Waals surface area contributed by atoms with E-state index in [1.807, 2.05) is 30.3 Å². The summed E-state index contributed by atoms with van der Waals surface area (Å²) in [5, 5.41) is 17.5. The molecule has 1 aliphatic rings. The Labute approximate surface area is 193 Å². The number of hydrogen-bond acceptors (Lipinski definition) is 7. The summed E-state index contributed by atoms with van der Waals surface area (Å²) in [7, 11) is 0. The second-order valence-electron chi connectivity index (χ2n) is 8.23. The first-order valence-electron chi connectivity index (χ1n) is 10.6. The topological polar surface area (TPSA) is 135 Å². The maximum atomic E-state index is 13.2. The van der Waals surface area contributed by atoms with Crippen molar-refractivity contribution in [2.75, 3.05) is 6.54 Å². The molecule has 0 radical (unpaired) electrons. The molecule has 2 atom stereocenters. The highest BCUT2D eigenvalue weighted by molar-refractivity contribution is 6.09. The number of imide groups is 1. The molecular formula is C23H21N7O4. The number of furan rings is 1. The van der Waals surface area contributed by atoms with Crippen LogP contribution < -0.4 is 10.6 Å². The lowest BCUT2D eigenvalue weighted by Crippen LogP contribution is -2.43. The van der Waals surface area contributed by atoms with Crippen LogP contribution in [0.4, 0.5) is 4.79 Å². The number of fused-ring (bicyclic) bond motifs is 1. The van der Waals surface area contributed by atoms with Gasteiger partial charge in [0.05, 0.1) is 11.7 Å². The molecule has 4 amide bonds. The first kappa shape index (κ1) is 21.3. The predicted octanol–water partition coefficient (Wildman–Crippen LogP) is 2.05. The number of carbonyl (C=O) groups is 3. The minimum Gasteiger partial charge on any atom is -0.459 e. The van der Waals surface area contributed by atoms with E-state index in [1.165, 1.54) is 11.0 Å². The van der Waals surface area contributed by atoms with E-state index in [1.54, 1.807) is 38.1 Å². The lowest BCUT2D eigenvalue weighted by molar-refractivity contribution is -0.135. The Kier molecular flexibility index (Phi) is 5.08. The van der Waals surface area contributed by atoms with Crippen LogP contribution in [-0.2, 0) is 15.1 Å². The van der Waals surface area contributed by atoms with Crippen molar-refractivity contribution in [1.82, 2.24) is 35.7 Å². The maximum Gasteiger partial charge on any atom is 0.325 e. The van der Waals surface area contributed by atoms with E-state index in [-0.39, 0.29) is 0 Å². The molecule has 0 saturated carbocycles. The molecule has 2 N–H and O–H groups in total.